The number of hydrogen-bond acceptors (Lipinski definition) is 4. The molecule has 0 saturated carbocycles. The van der Waals surface area contributed by atoms with Crippen LogP contribution in [-0.4, -0.2) is 30.7 Å². The van der Waals surface area contributed by atoms with Crippen LogP contribution in [0.5, 0.6) is 0 Å². The number of rotatable bonds is 9. The van der Waals surface area contributed by atoms with E-state index < -0.39 is 15.8 Å². The van der Waals surface area contributed by atoms with Crippen LogP contribution in [0.2, 0.25) is 0 Å². The van der Waals surface area contributed by atoms with E-state index in [-0.39, 0.29) is 16.5 Å². The third kappa shape index (κ3) is 6.13. The van der Waals surface area contributed by atoms with Crippen LogP contribution in [0.3, 0.4) is 0 Å². The molecular formula is C26H25FN4O3S. The summed E-state index contributed by atoms with van der Waals surface area (Å²) in [6.45, 7) is 2.44. The minimum atomic E-state index is -3.85. The summed E-state index contributed by atoms with van der Waals surface area (Å²) in [6, 6.07) is 20.5. The van der Waals surface area contributed by atoms with Gasteiger partial charge in [-0.3, -0.25) is 9.52 Å². The first-order valence-corrected chi connectivity index (χ1v) is 12.6. The predicted octanol–water partition coefficient (Wildman–Crippen LogP) is 4.48. The third-order valence-electron chi connectivity index (χ3n) is 5.45. The number of benzene rings is 3. The van der Waals surface area contributed by atoms with Gasteiger partial charge < -0.3 is 5.32 Å². The van der Waals surface area contributed by atoms with Crippen LogP contribution < -0.4 is 10.0 Å². The highest BCUT2D eigenvalue weighted by Crippen LogP contribution is 2.17. The van der Waals surface area contributed by atoms with Gasteiger partial charge in [0.15, 0.2) is 0 Å². The number of carbonyl (C=O) groups is 1. The normalized spacial score (nSPS) is 11.3. The maximum absolute atomic E-state index is 13.0. The molecule has 1 amide bonds. The molecule has 9 heteroatoms. The highest BCUT2D eigenvalue weighted by Gasteiger charge is 2.15. The number of hydrogen-bond donors (Lipinski definition) is 2. The fourth-order valence-electron chi connectivity index (χ4n) is 3.55. The van der Waals surface area contributed by atoms with Gasteiger partial charge in [0.05, 0.1) is 16.3 Å². The molecule has 0 fully saturated rings. The lowest BCUT2D eigenvalue weighted by Gasteiger charge is -2.09. The van der Waals surface area contributed by atoms with E-state index in [4.69, 9.17) is 0 Å². The minimum absolute atomic E-state index is 0.00396. The van der Waals surface area contributed by atoms with Gasteiger partial charge in [-0.15, -0.1) is 0 Å². The molecular weight excluding hydrogens is 467 g/mol. The van der Waals surface area contributed by atoms with Crippen molar-refractivity contribution < 1.29 is 17.6 Å². The smallest absolute Gasteiger partial charge is 0.261 e. The largest absolute Gasteiger partial charge is 0.352 e. The Morgan fingerprint density at radius 3 is 2.34 bits per heavy atom. The Morgan fingerprint density at radius 1 is 0.971 bits per heavy atom. The van der Waals surface area contributed by atoms with Crippen molar-refractivity contribution in [3.8, 4) is 5.69 Å². The van der Waals surface area contributed by atoms with Crippen LogP contribution in [0.4, 0.5) is 10.1 Å². The molecule has 7 nitrogen and oxygen atoms in total. The summed E-state index contributed by atoms with van der Waals surface area (Å²) in [5.41, 5.74) is 3.67. The van der Waals surface area contributed by atoms with Crippen LogP contribution in [0, 0.1) is 12.7 Å². The van der Waals surface area contributed by atoms with Crippen molar-refractivity contribution >= 4 is 21.6 Å². The van der Waals surface area contributed by atoms with Crippen molar-refractivity contribution in [3.05, 3.63) is 108 Å². The molecule has 0 saturated heterocycles. The number of anilines is 1. The summed E-state index contributed by atoms with van der Waals surface area (Å²) in [5.74, 6) is -0.738. The Balaban J connectivity index is 1.29. The molecule has 0 aliphatic rings. The van der Waals surface area contributed by atoms with Crippen LogP contribution >= 0.6 is 0 Å². The van der Waals surface area contributed by atoms with E-state index in [1.807, 2.05) is 48.1 Å². The quantitative estimate of drug-likeness (QED) is 0.337. The average molecular weight is 493 g/mol. The fourth-order valence-corrected chi connectivity index (χ4v) is 4.61. The van der Waals surface area contributed by atoms with Gasteiger partial charge in [-0.05, 0) is 86.0 Å². The Kier molecular flexibility index (Phi) is 7.26. The Hall–Kier alpha value is -3.98. The zero-order valence-electron chi connectivity index (χ0n) is 19.1. The summed E-state index contributed by atoms with van der Waals surface area (Å²) in [5, 5.41) is 7.42. The van der Waals surface area contributed by atoms with Crippen LogP contribution in [0.25, 0.3) is 5.69 Å². The van der Waals surface area contributed by atoms with E-state index in [9.17, 15) is 17.6 Å². The van der Waals surface area contributed by atoms with Crippen molar-refractivity contribution in [1.29, 1.82) is 0 Å². The number of sulfonamides is 1. The van der Waals surface area contributed by atoms with Crippen molar-refractivity contribution in [3.63, 3.8) is 0 Å². The number of nitrogens with zero attached hydrogens (tertiary/aromatic N) is 2. The zero-order chi connectivity index (χ0) is 24.8. The molecule has 35 heavy (non-hydrogen) atoms. The number of nitrogens with one attached hydrogen (secondary N) is 2. The Labute approximate surface area is 203 Å². The summed E-state index contributed by atoms with van der Waals surface area (Å²) in [4.78, 5) is 12.5. The Bertz CT molecular complexity index is 1400. The summed E-state index contributed by atoms with van der Waals surface area (Å²) in [6.07, 6.45) is 3.51. The highest BCUT2D eigenvalue weighted by molar-refractivity contribution is 7.92. The molecule has 180 valence electrons. The monoisotopic (exact) mass is 492 g/mol. The molecule has 0 aliphatic heterocycles. The van der Waals surface area contributed by atoms with E-state index in [1.165, 1.54) is 48.5 Å². The SMILES string of the molecule is Cc1nn(-c2ccccc2)cc1CCCNC(=O)c1ccc(S(=O)(=O)Nc2ccc(F)cc2)cc1. The standard InChI is InChI=1S/C26H25FN4O3S/c1-19-21(18-31(29-19)24-7-3-2-4-8-24)6-5-17-28-26(32)20-9-15-25(16-10-20)35(33,34)30-23-13-11-22(27)12-14-23/h2-4,7-16,18,30H,5-6,17H2,1H3,(H,28,32). The lowest BCUT2D eigenvalue weighted by Crippen LogP contribution is -2.24. The van der Waals surface area contributed by atoms with E-state index >= 15 is 0 Å². The number of para-hydroxylation sites is 1. The molecule has 0 atom stereocenters. The second-order valence-electron chi connectivity index (χ2n) is 8.02. The van der Waals surface area contributed by atoms with E-state index in [2.05, 4.69) is 15.1 Å². The van der Waals surface area contributed by atoms with E-state index in [0.29, 0.717) is 12.1 Å². The topological polar surface area (TPSA) is 93.1 Å². The minimum Gasteiger partial charge on any atom is -0.352 e. The molecule has 1 aromatic heterocycles. The second-order valence-corrected chi connectivity index (χ2v) is 9.70. The zero-order valence-corrected chi connectivity index (χ0v) is 19.9. The van der Waals surface area contributed by atoms with E-state index in [0.717, 1.165) is 29.8 Å². The maximum Gasteiger partial charge on any atom is 0.261 e. The van der Waals surface area contributed by atoms with Crippen molar-refractivity contribution in [2.75, 3.05) is 11.3 Å². The van der Waals surface area contributed by atoms with Gasteiger partial charge in [0, 0.05) is 24.0 Å². The molecule has 0 bridgehead atoms. The average Bonchev–Trinajstić information content (AvgIpc) is 3.24. The maximum atomic E-state index is 13.0. The number of carbonyl (C=O) groups excluding carboxylic acids is 1. The molecule has 1 heterocycles. The molecule has 4 rings (SSSR count). The summed E-state index contributed by atoms with van der Waals surface area (Å²) < 4.78 is 42.3. The lowest BCUT2D eigenvalue weighted by molar-refractivity contribution is 0.0953. The van der Waals surface area contributed by atoms with Gasteiger partial charge in [0.1, 0.15) is 5.82 Å². The van der Waals surface area contributed by atoms with Gasteiger partial charge >= 0.3 is 0 Å². The molecule has 4 aromatic rings. The first-order valence-electron chi connectivity index (χ1n) is 11.1. The summed E-state index contributed by atoms with van der Waals surface area (Å²) in [7, 11) is -3.85. The summed E-state index contributed by atoms with van der Waals surface area (Å²) >= 11 is 0. The van der Waals surface area contributed by atoms with Gasteiger partial charge in [0.25, 0.3) is 15.9 Å². The van der Waals surface area contributed by atoms with Crippen LogP contribution in [-0.2, 0) is 16.4 Å². The first-order chi connectivity index (χ1) is 16.8. The van der Waals surface area contributed by atoms with Gasteiger partial charge in [-0.1, -0.05) is 18.2 Å². The van der Waals surface area contributed by atoms with Gasteiger partial charge in [0.2, 0.25) is 0 Å². The molecule has 2 N–H and O–H groups in total. The third-order valence-corrected chi connectivity index (χ3v) is 6.85. The van der Waals surface area contributed by atoms with E-state index in [1.54, 1.807) is 0 Å². The number of amides is 1. The lowest BCUT2D eigenvalue weighted by atomic mass is 10.1. The Morgan fingerprint density at radius 2 is 1.66 bits per heavy atom. The number of aryl methyl sites for hydroxylation is 2. The molecule has 0 spiro atoms. The number of aromatic nitrogens is 2. The second kappa shape index (κ2) is 10.5. The molecule has 0 unspecified atom stereocenters. The highest BCUT2D eigenvalue weighted by atomic mass is 32.2. The van der Waals surface area contributed by atoms with Crippen LogP contribution in [0.15, 0.2) is 90.0 Å². The van der Waals surface area contributed by atoms with Crippen molar-refractivity contribution in [1.82, 2.24) is 15.1 Å². The van der Waals surface area contributed by atoms with Crippen LogP contribution in [0.1, 0.15) is 28.0 Å². The molecule has 0 aliphatic carbocycles. The first kappa shape index (κ1) is 24.2. The predicted molar refractivity (Wildman–Crippen MR) is 133 cm³/mol. The number of halogens is 1. The van der Waals surface area contributed by atoms with Crippen molar-refractivity contribution in [2.24, 2.45) is 0 Å². The van der Waals surface area contributed by atoms with Gasteiger partial charge in [-0.25, -0.2) is 17.5 Å². The van der Waals surface area contributed by atoms with Gasteiger partial charge in [-0.2, -0.15) is 5.10 Å². The van der Waals surface area contributed by atoms with Crippen molar-refractivity contribution in [2.45, 2.75) is 24.7 Å². The molecule has 3 aromatic carbocycles. The molecule has 0 radical (unpaired) electrons. The fraction of sp³-hybridized carbons (Fsp3) is 0.154.